The highest BCUT2D eigenvalue weighted by molar-refractivity contribution is 5.97. The summed E-state index contributed by atoms with van der Waals surface area (Å²) in [6.45, 7) is 3.69. The lowest BCUT2D eigenvalue weighted by Gasteiger charge is -2.45. The molecular formula is C15H18F2N2O2. The first-order valence-corrected chi connectivity index (χ1v) is 6.97. The van der Waals surface area contributed by atoms with Gasteiger partial charge in [0.2, 0.25) is 11.8 Å². The molecule has 1 aromatic rings. The molecular weight excluding hydrogens is 278 g/mol. The number of piperazine rings is 1. The fourth-order valence-corrected chi connectivity index (χ4v) is 2.79. The van der Waals surface area contributed by atoms with Crippen molar-refractivity contribution in [3.05, 3.63) is 35.4 Å². The molecule has 1 N–H and O–H groups in total. The Morgan fingerprint density at radius 3 is 2.43 bits per heavy atom. The average molecular weight is 296 g/mol. The van der Waals surface area contributed by atoms with E-state index in [1.807, 2.05) is 13.8 Å². The van der Waals surface area contributed by atoms with Crippen LogP contribution < -0.4 is 5.32 Å². The van der Waals surface area contributed by atoms with E-state index in [4.69, 9.17) is 0 Å². The number of carbonyl (C=O) groups excluding carboxylic acids is 2. The number of halogens is 2. The van der Waals surface area contributed by atoms with Crippen LogP contribution in [0, 0.1) is 11.6 Å². The van der Waals surface area contributed by atoms with E-state index in [-0.39, 0.29) is 24.9 Å². The number of hydrogen-bond donors (Lipinski definition) is 1. The van der Waals surface area contributed by atoms with Crippen LogP contribution in [0.5, 0.6) is 0 Å². The normalized spacial score (nSPS) is 17.8. The summed E-state index contributed by atoms with van der Waals surface area (Å²) in [5, 5.41) is 2.60. The lowest BCUT2D eigenvalue weighted by Crippen LogP contribution is -2.66. The van der Waals surface area contributed by atoms with E-state index in [0.717, 1.165) is 12.1 Å². The minimum atomic E-state index is -0.958. The van der Waals surface area contributed by atoms with Gasteiger partial charge in [0.25, 0.3) is 0 Å². The summed E-state index contributed by atoms with van der Waals surface area (Å²) in [6.07, 6.45) is 0.926. The molecule has 1 heterocycles. The third-order valence-corrected chi connectivity index (χ3v) is 4.14. The molecule has 6 heteroatoms. The highest BCUT2D eigenvalue weighted by Gasteiger charge is 2.46. The van der Waals surface area contributed by atoms with E-state index in [2.05, 4.69) is 5.32 Å². The Bertz CT molecular complexity index is 571. The van der Waals surface area contributed by atoms with Crippen molar-refractivity contribution in [1.82, 2.24) is 10.2 Å². The van der Waals surface area contributed by atoms with Crippen LogP contribution in [-0.4, -0.2) is 28.8 Å². The number of benzene rings is 1. The quantitative estimate of drug-likeness (QED) is 0.923. The van der Waals surface area contributed by atoms with Gasteiger partial charge in [0.1, 0.15) is 5.54 Å². The molecule has 0 aliphatic carbocycles. The first-order valence-electron chi connectivity index (χ1n) is 6.97. The van der Waals surface area contributed by atoms with Crippen molar-refractivity contribution in [3.63, 3.8) is 0 Å². The molecule has 2 amide bonds. The molecule has 0 bridgehead atoms. The van der Waals surface area contributed by atoms with Gasteiger partial charge in [0.05, 0.1) is 6.54 Å². The molecule has 1 saturated heterocycles. The van der Waals surface area contributed by atoms with E-state index < -0.39 is 17.2 Å². The zero-order valence-corrected chi connectivity index (χ0v) is 12.1. The second-order valence-corrected chi connectivity index (χ2v) is 5.15. The van der Waals surface area contributed by atoms with Crippen LogP contribution in [0.25, 0.3) is 0 Å². The Hall–Kier alpha value is -1.98. The van der Waals surface area contributed by atoms with E-state index in [1.54, 1.807) is 0 Å². The zero-order valence-electron chi connectivity index (χ0n) is 12.1. The summed E-state index contributed by atoms with van der Waals surface area (Å²) in [7, 11) is 0. The number of rotatable bonds is 4. The van der Waals surface area contributed by atoms with Crippen LogP contribution >= 0.6 is 0 Å². The van der Waals surface area contributed by atoms with Crippen LogP contribution in [0.4, 0.5) is 8.78 Å². The number of nitrogens with zero attached hydrogens (tertiary/aromatic N) is 1. The predicted molar refractivity (Wildman–Crippen MR) is 73.2 cm³/mol. The second kappa shape index (κ2) is 5.79. The molecule has 2 rings (SSSR count). The maximum absolute atomic E-state index is 13.3. The van der Waals surface area contributed by atoms with Crippen LogP contribution in [-0.2, 0) is 16.1 Å². The van der Waals surface area contributed by atoms with Crippen molar-refractivity contribution in [2.75, 3.05) is 6.54 Å². The zero-order chi connectivity index (χ0) is 15.6. The third-order valence-electron chi connectivity index (χ3n) is 4.14. The summed E-state index contributed by atoms with van der Waals surface area (Å²) in [5.74, 6) is -2.31. The highest BCUT2D eigenvalue weighted by Crippen LogP contribution is 2.29. The van der Waals surface area contributed by atoms with Crippen molar-refractivity contribution >= 4 is 11.8 Å². The van der Waals surface area contributed by atoms with E-state index in [1.165, 1.54) is 11.0 Å². The number of carbonyl (C=O) groups is 2. The van der Waals surface area contributed by atoms with Crippen LogP contribution in [0.2, 0.25) is 0 Å². The van der Waals surface area contributed by atoms with Gasteiger partial charge < -0.3 is 10.2 Å². The Kier molecular flexibility index (Phi) is 4.25. The van der Waals surface area contributed by atoms with Gasteiger partial charge in [0, 0.05) is 6.54 Å². The van der Waals surface area contributed by atoms with E-state index >= 15 is 0 Å². The average Bonchev–Trinajstić information content (AvgIpc) is 2.48. The maximum Gasteiger partial charge on any atom is 0.246 e. The summed E-state index contributed by atoms with van der Waals surface area (Å²) in [4.78, 5) is 25.9. The van der Waals surface area contributed by atoms with Gasteiger partial charge in [-0.15, -0.1) is 0 Å². The molecule has 21 heavy (non-hydrogen) atoms. The van der Waals surface area contributed by atoms with Gasteiger partial charge in [-0.05, 0) is 30.5 Å². The standard InChI is InChI=1S/C15H18F2N2O2/c1-3-15(4-2)14(21)18-8-13(20)19(15)9-10-5-6-11(16)12(17)7-10/h5-7H,3-4,8-9H2,1-2H3,(H,18,21). The Balaban J connectivity index is 2.35. The summed E-state index contributed by atoms with van der Waals surface area (Å²) < 4.78 is 26.3. The summed E-state index contributed by atoms with van der Waals surface area (Å²) >= 11 is 0. The van der Waals surface area contributed by atoms with Gasteiger partial charge in [0.15, 0.2) is 11.6 Å². The van der Waals surface area contributed by atoms with Crippen LogP contribution in [0.3, 0.4) is 0 Å². The van der Waals surface area contributed by atoms with Gasteiger partial charge in [-0.2, -0.15) is 0 Å². The lowest BCUT2D eigenvalue weighted by molar-refractivity contribution is -0.155. The first kappa shape index (κ1) is 15.4. The minimum Gasteiger partial charge on any atom is -0.345 e. The van der Waals surface area contributed by atoms with Crippen molar-refractivity contribution < 1.29 is 18.4 Å². The topological polar surface area (TPSA) is 49.4 Å². The van der Waals surface area contributed by atoms with Crippen molar-refractivity contribution in [3.8, 4) is 0 Å². The molecule has 0 spiro atoms. The maximum atomic E-state index is 13.3. The molecule has 0 atom stereocenters. The molecule has 0 aromatic heterocycles. The third kappa shape index (κ3) is 2.62. The minimum absolute atomic E-state index is 0.0652. The second-order valence-electron chi connectivity index (χ2n) is 5.15. The number of amides is 2. The summed E-state index contributed by atoms with van der Waals surface area (Å²) in [6, 6.07) is 3.51. The van der Waals surface area contributed by atoms with Crippen LogP contribution in [0.15, 0.2) is 18.2 Å². The van der Waals surface area contributed by atoms with E-state index in [0.29, 0.717) is 18.4 Å². The molecule has 0 saturated carbocycles. The molecule has 4 nitrogen and oxygen atoms in total. The summed E-state index contributed by atoms with van der Waals surface area (Å²) in [5.41, 5.74) is -0.469. The first-order chi connectivity index (χ1) is 9.94. The van der Waals surface area contributed by atoms with E-state index in [9.17, 15) is 18.4 Å². The molecule has 1 fully saturated rings. The smallest absolute Gasteiger partial charge is 0.246 e. The molecule has 0 unspecified atom stereocenters. The predicted octanol–water partition coefficient (Wildman–Crippen LogP) is 1.98. The molecule has 1 aliphatic heterocycles. The fraction of sp³-hybridized carbons (Fsp3) is 0.467. The van der Waals surface area contributed by atoms with Crippen molar-refractivity contribution in [1.29, 1.82) is 0 Å². The Labute approximate surface area is 122 Å². The molecule has 0 radical (unpaired) electrons. The monoisotopic (exact) mass is 296 g/mol. The highest BCUT2D eigenvalue weighted by atomic mass is 19.2. The van der Waals surface area contributed by atoms with Crippen LogP contribution in [0.1, 0.15) is 32.3 Å². The van der Waals surface area contributed by atoms with Gasteiger partial charge in [-0.25, -0.2) is 8.78 Å². The molecule has 1 aromatic carbocycles. The Morgan fingerprint density at radius 1 is 1.19 bits per heavy atom. The van der Waals surface area contributed by atoms with Gasteiger partial charge in [-0.1, -0.05) is 19.9 Å². The Morgan fingerprint density at radius 2 is 1.86 bits per heavy atom. The lowest BCUT2D eigenvalue weighted by atomic mass is 9.87. The number of hydrogen-bond acceptors (Lipinski definition) is 2. The van der Waals surface area contributed by atoms with Crippen molar-refractivity contribution in [2.45, 2.75) is 38.8 Å². The molecule has 114 valence electrons. The van der Waals surface area contributed by atoms with Crippen molar-refractivity contribution in [2.24, 2.45) is 0 Å². The van der Waals surface area contributed by atoms with Gasteiger partial charge in [-0.3, -0.25) is 9.59 Å². The largest absolute Gasteiger partial charge is 0.345 e. The molecule has 1 aliphatic rings. The SMILES string of the molecule is CCC1(CC)C(=O)NCC(=O)N1Cc1ccc(F)c(F)c1. The number of nitrogens with one attached hydrogen (secondary N) is 1. The van der Waals surface area contributed by atoms with Gasteiger partial charge >= 0.3 is 0 Å². The fourth-order valence-electron chi connectivity index (χ4n) is 2.79.